The largest absolute Gasteiger partial charge is 0.474 e. The van der Waals surface area contributed by atoms with Crippen LogP contribution in [-0.2, 0) is 0 Å². The molecule has 4 fully saturated rings. The molecule has 2 atom stereocenters. The van der Waals surface area contributed by atoms with Gasteiger partial charge in [-0.1, -0.05) is 0 Å². The molecule has 18 heavy (non-hydrogen) atoms. The molecule has 3 aliphatic heterocycles. The van der Waals surface area contributed by atoms with Crippen LogP contribution in [0.25, 0.3) is 0 Å². The number of rotatable bonds is 2. The smallest absolute Gasteiger partial charge is 0.213 e. The van der Waals surface area contributed by atoms with Crippen LogP contribution in [0.5, 0.6) is 5.88 Å². The van der Waals surface area contributed by atoms with E-state index in [4.69, 9.17) is 4.74 Å². The molecule has 0 aromatic carbocycles. The molecule has 4 heterocycles. The second kappa shape index (κ2) is 4.20. The summed E-state index contributed by atoms with van der Waals surface area (Å²) in [6.07, 6.45) is 4.92. The highest BCUT2D eigenvalue weighted by atomic mass is 79.9. The molecule has 0 unspecified atom stereocenters. The van der Waals surface area contributed by atoms with E-state index in [9.17, 15) is 0 Å². The van der Waals surface area contributed by atoms with Crippen molar-refractivity contribution in [3.63, 3.8) is 0 Å². The standard InChI is InChI=1S/C14H17BrN2O/c15-12-1-2-13(16-5-12)18-14-10-3-9-4-11(14)8-17(6-9)7-10/h1-2,5,9-11,14H,3-4,6-8H2/t9?,10-,11-,14?/m1/s1. The number of ether oxygens (including phenoxy) is 1. The Balaban J connectivity index is 1.53. The van der Waals surface area contributed by atoms with Crippen LogP contribution in [0.4, 0.5) is 0 Å². The Morgan fingerprint density at radius 2 is 1.94 bits per heavy atom. The van der Waals surface area contributed by atoms with Crippen LogP contribution in [0.2, 0.25) is 0 Å². The first-order valence-electron chi connectivity index (χ1n) is 6.78. The van der Waals surface area contributed by atoms with Crippen LogP contribution in [0.1, 0.15) is 12.8 Å². The summed E-state index contributed by atoms with van der Waals surface area (Å²) in [6, 6.07) is 3.97. The highest BCUT2D eigenvalue weighted by molar-refractivity contribution is 9.10. The van der Waals surface area contributed by atoms with Gasteiger partial charge in [0.1, 0.15) is 6.10 Å². The third-order valence-corrected chi connectivity index (χ3v) is 5.13. The third-order valence-electron chi connectivity index (χ3n) is 4.66. The number of halogens is 1. The lowest BCUT2D eigenvalue weighted by Crippen LogP contribution is -2.61. The molecule has 3 saturated heterocycles. The fourth-order valence-electron chi connectivity index (χ4n) is 4.13. The Morgan fingerprint density at radius 1 is 1.17 bits per heavy atom. The van der Waals surface area contributed by atoms with Gasteiger partial charge >= 0.3 is 0 Å². The minimum atomic E-state index is 0.395. The average Bonchev–Trinajstić information content (AvgIpc) is 2.35. The Hall–Kier alpha value is -0.610. The van der Waals surface area contributed by atoms with Crippen LogP contribution in [0.15, 0.2) is 22.8 Å². The zero-order valence-electron chi connectivity index (χ0n) is 10.3. The predicted octanol–water partition coefficient (Wildman–Crippen LogP) is 2.56. The van der Waals surface area contributed by atoms with E-state index in [2.05, 4.69) is 25.8 Å². The number of hydrogen-bond donors (Lipinski definition) is 0. The van der Waals surface area contributed by atoms with Crippen molar-refractivity contribution in [1.82, 2.24) is 9.88 Å². The Labute approximate surface area is 116 Å². The molecule has 3 nitrogen and oxygen atoms in total. The zero-order chi connectivity index (χ0) is 12.1. The van der Waals surface area contributed by atoms with E-state index in [1.807, 2.05) is 18.3 Å². The van der Waals surface area contributed by atoms with Crippen LogP contribution >= 0.6 is 15.9 Å². The van der Waals surface area contributed by atoms with Gasteiger partial charge in [0.15, 0.2) is 0 Å². The second-order valence-corrected chi connectivity index (χ2v) is 6.89. The maximum absolute atomic E-state index is 6.19. The first kappa shape index (κ1) is 11.2. The van der Waals surface area contributed by atoms with Crippen LogP contribution in [0.3, 0.4) is 0 Å². The van der Waals surface area contributed by atoms with E-state index in [-0.39, 0.29) is 0 Å². The summed E-state index contributed by atoms with van der Waals surface area (Å²) in [5.74, 6) is 3.16. The van der Waals surface area contributed by atoms with Crippen molar-refractivity contribution < 1.29 is 4.74 Å². The molecule has 5 rings (SSSR count). The van der Waals surface area contributed by atoms with Gasteiger partial charge in [0.2, 0.25) is 5.88 Å². The van der Waals surface area contributed by atoms with E-state index in [1.165, 1.54) is 32.5 Å². The molecule has 4 bridgehead atoms. The monoisotopic (exact) mass is 308 g/mol. The molecule has 4 aliphatic rings. The molecule has 1 aromatic heterocycles. The predicted molar refractivity (Wildman–Crippen MR) is 72.5 cm³/mol. The summed E-state index contributed by atoms with van der Waals surface area (Å²) in [5, 5.41) is 0. The van der Waals surface area contributed by atoms with Gasteiger partial charge in [0.25, 0.3) is 0 Å². The van der Waals surface area contributed by atoms with Crippen LogP contribution < -0.4 is 4.74 Å². The van der Waals surface area contributed by atoms with Crippen molar-refractivity contribution in [3.05, 3.63) is 22.8 Å². The van der Waals surface area contributed by atoms with Gasteiger partial charge in [0, 0.05) is 48.2 Å². The highest BCUT2D eigenvalue weighted by Gasteiger charge is 2.48. The van der Waals surface area contributed by atoms with E-state index in [1.54, 1.807) is 0 Å². The topological polar surface area (TPSA) is 25.4 Å². The summed E-state index contributed by atoms with van der Waals surface area (Å²) >= 11 is 3.41. The van der Waals surface area contributed by atoms with Gasteiger partial charge in [-0.2, -0.15) is 0 Å². The minimum Gasteiger partial charge on any atom is -0.474 e. The maximum Gasteiger partial charge on any atom is 0.213 e. The molecule has 1 saturated carbocycles. The lowest BCUT2D eigenvalue weighted by atomic mass is 9.66. The van der Waals surface area contributed by atoms with Crippen LogP contribution in [-0.4, -0.2) is 35.6 Å². The molecule has 96 valence electrons. The Kier molecular flexibility index (Phi) is 2.62. The van der Waals surface area contributed by atoms with Crippen molar-refractivity contribution in [3.8, 4) is 5.88 Å². The molecule has 1 aliphatic carbocycles. The van der Waals surface area contributed by atoms with Gasteiger partial charge in [0.05, 0.1) is 0 Å². The van der Waals surface area contributed by atoms with E-state index < -0.39 is 0 Å². The number of nitrogens with zero attached hydrogens (tertiary/aromatic N) is 2. The Bertz CT molecular complexity index is 420. The van der Waals surface area contributed by atoms with E-state index >= 15 is 0 Å². The maximum atomic E-state index is 6.19. The summed E-state index contributed by atoms with van der Waals surface area (Å²) in [5.41, 5.74) is 0. The molecular weight excluding hydrogens is 292 g/mol. The molecule has 0 spiro atoms. The summed E-state index contributed by atoms with van der Waals surface area (Å²) in [6.45, 7) is 3.79. The number of pyridine rings is 1. The van der Waals surface area contributed by atoms with Crippen molar-refractivity contribution >= 4 is 15.9 Å². The first-order chi connectivity index (χ1) is 8.78. The molecule has 0 radical (unpaired) electrons. The summed E-state index contributed by atoms with van der Waals surface area (Å²) < 4.78 is 7.19. The second-order valence-electron chi connectivity index (χ2n) is 5.97. The van der Waals surface area contributed by atoms with Crippen molar-refractivity contribution in [1.29, 1.82) is 0 Å². The van der Waals surface area contributed by atoms with E-state index in [0.29, 0.717) is 6.10 Å². The SMILES string of the molecule is Brc1ccc(OC2[C@@H]3CC4C[C@@H]2CN(C4)C3)nc1. The van der Waals surface area contributed by atoms with Crippen molar-refractivity contribution in [2.24, 2.45) is 17.8 Å². The fraction of sp³-hybridized carbons (Fsp3) is 0.643. The van der Waals surface area contributed by atoms with Crippen molar-refractivity contribution in [2.75, 3.05) is 19.6 Å². The lowest BCUT2D eigenvalue weighted by Gasteiger charge is -2.55. The molecule has 4 heteroatoms. The summed E-state index contributed by atoms with van der Waals surface area (Å²) in [4.78, 5) is 6.97. The van der Waals surface area contributed by atoms with Gasteiger partial charge in [-0.15, -0.1) is 0 Å². The molecular formula is C14H17BrN2O. The average molecular weight is 309 g/mol. The highest BCUT2D eigenvalue weighted by Crippen LogP contribution is 2.44. The molecule has 1 aromatic rings. The normalized spacial score (nSPS) is 41.1. The summed E-state index contributed by atoms with van der Waals surface area (Å²) in [7, 11) is 0. The number of piperidine rings is 3. The number of aromatic nitrogens is 1. The van der Waals surface area contributed by atoms with Crippen LogP contribution in [0, 0.1) is 17.8 Å². The van der Waals surface area contributed by atoms with Crippen molar-refractivity contribution in [2.45, 2.75) is 18.9 Å². The fourth-order valence-corrected chi connectivity index (χ4v) is 4.36. The molecule has 0 amide bonds. The van der Waals surface area contributed by atoms with Gasteiger partial charge in [-0.25, -0.2) is 4.98 Å². The van der Waals surface area contributed by atoms with E-state index in [0.717, 1.165) is 28.1 Å². The lowest BCUT2D eigenvalue weighted by molar-refractivity contribution is -0.0997. The third kappa shape index (κ3) is 1.86. The zero-order valence-corrected chi connectivity index (χ0v) is 11.8. The van der Waals surface area contributed by atoms with Gasteiger partial charge in [-0.3, -0.25) is 0 Å². The van der Waals surface area contributed by atoms with Gasteiger partial charge in [-0.05, 0) is 40.8 Å². The Morgan fingerprint density at radius 3 is 2.56 bits per heavy atom. The first-order valence-corrected chi connectivity index (χ1v) is 7.58. The number of hydrogen-bond acceptors (Lipinski definition) is 3. The molecule has 0 N–H and O–H groups in total. The van der Waals surface area contributed by atoms with Gasteiger partial charge < -0.3 is 9.64 Å². The minimum absolute atomic E-state index is 0.395. The quantitative estimate of drug-likeness (QED) is 0.839.